The highest BCUT2D eigenvalue weighted by Gasteiger charge is 2.46. The Hall–Kier alpha value is -0.460. The van der Waals surface area contributed by atoms with Gasteiger partial charge in [-0.1, -0.05) is 0 Å². The average Bonchev–Trinajstić information content (AvgIpc) is 3.08. The van der Waals surface area contributed by atoms with Gasteiger partial charge >= 0.3 is 5.97 Å². The van der Waals surface area contributed by atoms with Crippen molar-refractivity contribution in [3.05, 3.63) is 0 Å². The summed E-state index contributed by atoms with van der Waals surface area (Å²) in [6, 6.07) is 0. The fourth-order valence-corrected chi connectivity index (χ4v) is 4.31. The molecule has 1 saturated heterocycles. The molecule has 0 aromatic heterocycles. The average molecular weight is 289 g/mol. The van der Waals surface area contributed by atoms with E-state index in [0.29, 0.717) is 24.5 Å². The molecular weight excluding hydrogens is 266 g/mol. The molecule has 6 heteroatoms. The molecular formula is C13H23NO4S. The zero-order valence-electron chi connectivity index (χ0n) is 11.7. The van der Waals surface area contributed by atoms with Gasteiger partial charge in [0, 0.05) is 29.6 Å². The van der Waals surface area contributed by atoms with Crippen LogP contribution in [0.15, 0.2) is 0 Å². The Morgan fingerprint density at radius 1 is 1.53 bits per heavy atom. The summed E-state index contributed by atoms with van der Waals surface area (Å²) in [6.45, 7) is 2.50. The molecule has 0 N–H and O–H groups in total. The number of rotatable bonds is 6. The zero-order chi connectivity index (χ0) is 13.9. The lowest BCUT2D eigenvalue weighted by molar-refractivity contribution is -0.141. The van der Waals surface area contributed by atoms with E-state index in [1.807, 2.05) is 0 Å². The van der Waals surface area contributed by atoms with Gasteiger partial charge in [0.25, 0.3) is 0 Å². The van der Waals surface area contributed by atoms with Crippen molar-refractivity contribution in [1.82, 2.24) is 4.90 Å². The molecule has 110 valence electrons. The number of ether oxygens (including phenoxy) is 2. The second kappa shape index (κ2) is 6.33. The number of esters is 1. The molecule has 1 aliphatic heterocycles. The Labute approximate surface area is 117 Å². The normalized spacial score (nSPS) is 27.8. The van der Waals surface area contributed by atoms with Crippen LogP contribution in [0.3, 0.4) is 0 Å². The lowest BCUT2D eigenvalue weighted by Crippen LogP contribution is -2.43. The summed E-state index contributed by atoms with van der Waals surface area (Å²) in [6.07, 6.45) is 2.44. The molecule has 0 radical (unpaired) electrons. The third-order valence-corrected chi connectivity index (χ3v) is 5.56. The van der Waals surface area contributed by atoms with Crippen LogP contribution in [0.1, 0.15) is 19.3 Å². The minimum absolute atomic E-state index is 0.0570. The van der Waals surface area contributed by atoms with E-state index < -0.39 is 10.8 Å². The van der Waals surface area contributed by atoms with Crippen LogP contribution in [0.5, 0.6) is 0 Å². The fourth-order valence-electron chi connectivity index (χ4n) is 2.50. The Balaban J connectivity index is 1.76. The molecule has 2 atom stereocenters. The van der Waals surface area contributed by atoms with Crippen molar-refractivity contribution in [2.45, 2.75) is 25.4 Å². The first-order valence-electron chi connectivity index (χ1n) is 6.75. The smallest absolute Gasteiger partial charge is 0.306 e. The van der Waals surface area contributed by atoms with Gasteiger partial charge in [-0.2, -0.15) is 0 Å². The van der Waals surface area contributed by atoms with Crippen LogP contribution in [0, 0.1) is 5.41 Å². The molecule has 2 fully saturated rings. The molecule has 1 aliphatic carbocycles. The molecule has 0 amide bonds. The van der Waals surface area contributed by atoms with Crippen molar-refractivity contribution in [2.24, 2.45) is 5.41 Å². The predicted molar refractivity (Wildman–Crippen MR) is 73.4 cm³/mol. The molecule has 2 unspecified atom stereocenters. The van der Waals surface area contributed by atoms with Crippen molar-refractivity contribution >= 4 is 16.8 Å². The minimum atomic E-state index is -0.917. The first-order chi connectivity index (χ1) is 9.03. The Bertz CT molecular complexity index is 357. The van der Waals surface area contributed by atoms with E-state index in [0.717, 1.165) is 25.9 Å². The second-order valence-electron chi connectivity index (χ2n) is 5.76. The van der Waals surface area contributed by atoms with E-state index in [1.165, 1.54) is 7.11 Å². The highest BCUT2D eigenvalue weighted by Crippen LogP contribution is 2.49. The van der Waals surface area contributed by atoms with Crippen LogP contribution in [-0.2, 0) is 25.1 Å². The van der Waals surface area contributed by atoms with Gasteiger partial charge in [0.15, 0.2) is 0 Å². The standard InChI is InChI=1S/C13H23NO4S/c1-14-5-6-18-11(8-14)9-19(16)10-13(3-4-13)7-12(15)17-2/h11H,3-10H2,1-2H3. The summed E-state index contributed by atoms with van der Waals surface area (Å²) in [7, 11) is 2.54. The number of hydrogen-bond donors (Lipinski definition) is 0. The van der Waals surface area contributed by atoms with Gasteiger partial charge in [-0.25, -0.2) is 0 Å². The predicted octanol–water partition coefficient (Wildman–Crippen LogP) is 0.409. The maximum atomic E-state index is 12.2. The van der Waals surface area contributed by atoms with Gasteiger partial charge in [0.2, 0.25) is 0 Å². The lowest BCUT2D eigenvalue weighted by atomic mass is 10.1. The number of methoxy groups -OCH3 is 1. The molecule has 19 heavy (non-hydrogen) atoms. The van der Waals surface area contributed by atoms with Gasteiger partial charge in [0.1, 0.15) is 0 Å². The summed E-state index contributed by atoms with van der Waals surface area (Å²) >= 11 is 0. The Kier molecular flexibility index (Phi) is 4.97. The van der Waals surface area contributed by atoms with Gasteiger partial charge < -0.3 is 14.4 Å². The largest absolute Gasteiger partial charge is 0.469 e. The number of morpholine rings is 1. The van der Waals surface area contributed by atoms with E-state index in [9.17, 15) is 9.00 Å². The number of hydrogen-bond acceptors (Lipinski definition) is 5. The van der Waals surface area contributed by atoms with Crippen LogP contribution in [0.4, 0.5) is 0 Å². The quantitative estimate of drug-likeness (QED) is 0.663. The minimum Gasteiger partial charge on any atom is -0.469 e. The highest BCUT2D eigenvalue weighted by atomic mass is 32.2. The third kappa shape index (κ3) is 4.54. The summed E-state index contributed by atoms with van der Waals surface area (Å²) in [4.78, 5) is 13.5. The number of likely N-dealkylation sites (N-methyl/N-ethyl adjacent to an activating group) is 1. The molecule has 0 spiro atoms. The van der Waals surface area contributed by atoms with Gasteiger partial charge in [0.05, 0.1) is 32.0 Å². The fraction of sp³-hybridized carbons (Fsp3) is 0.923. The lowest BCUT2D eigenvalue weighted by Gasteiger charge is -2.30. The molecule has 0 aromatic carbocycles. The number of carbonyl (C=O) groups excluding carboxylic acids is 1. The van der Waals surface area contributed by atoms with Crippen LogP contribution < -0.4 is 0 Å². The maximum Gasteiger partial charge on any atom is 0.306 e. The summed E-state index contributed by atoms with van der Waals surface area (Å²) < 4.78 is 22.5. The van der Waals surface area contributed by atoms with Gasteiger partial charge in [-0.15, -0.1) is 0 Å². The van der Waals surface area contributed by atoms with Crippen LogP contribution in [0.25, 0.3) is 0 Å². The van der Waals surface area contributed by atoms with E-state index >= 15 is 0 Å². The number of nitrogens with zero attached hydrogens (tertiary/aromatic N) is 1. The second-order valence-corrected chi connectivity index (χ2v) is 7.26. The molecule has 2 aliphatic rings. The third-order valence-electron chi connectivity index (χ3n) is 3.88. The summed E-state index contributed by atoms with van der Waals surface area (Å²) in [5.41, 5.74) is -0.0570. The van der Waals surface area contributed by atoms with Crippen molar-refractivity contribution < 1.29 is 18.5 Å². The van der Waals surface area contributed by atoms with Crippen molar-refractivity contribution in [2.75, 3.05) is 45.4 Å². The zero-order valence-corrected chi connectivity index (χ0v) is 12.5. The molecule has 2 rings (SSSR count). The SMILES string of the molecule is COC(=O)CC1(CS(=O)CC2CN(C)CCO2)CC1. The van der Waals surface area contributed by atoms with Crippen LogP contribution in [0.2, 0.25) is 0 Å². The topological polar surface area (TPSA) is 55.8 Å². The van der Waals surface area contributed by atoms with Crippen LogP contribution in [-0.4, -0.2) is 66.5 Å². The summed E-state index contributed by atoms with van der Waals surface area (Å²) in [5.74, 6) is 0.988. The van der Waals surface area contributed by atoms with Crippen molar-refractivity contribution in [3.8, 4) is 0 Å². The molecule has 1 heterocycles. The Morgan fingerprint density at radius 3 is 2.84 bits per heavy atom. The van der Waals surface area contributed by atoms with Crippen molar-refractivity contribution in [1.29, 1.82) is 0 Å². The first kappa shape index (κ1) is 14.9. The Morgan fingerprint density at radius 2 is 2.26 bits per heavy atom. The summed E-state index contributed by atoms with van der Waals surface area (Å²) in [5, 5.41) is 0. The van der Waals surface area contributed by atoms with Gasteiger partial charge in [-0.05, 0) is 25.3 Å². The van der Waals surface area contributed by atoms with E-state index in [2.05, 4.69) is 11.9 Å². The van der Waals surface area contributed by atoms with E-state index in [-0.39, 0.29) is 17.5 Å². The first-order valence-corrected chi connectivity index (χ1v) is 8.24. The van der Waals surface area contributed by atoms with Gasteiger partial charge in [-0.3, -0.25) is 9.00 Å². The molecule has 0 aromatic rings. The monoisotopic (exact) mass is 289 g/mol. The maximum absolute atomic E-state index is 12.2. The molecule has 1 saturated carbocycles. The highest BCUT2D eigenvalue weighted by molar-refractivity contribution is 7.85. The number of carbonyl (C=O) groups is 1. The van der Waals surface area contributed by atoms with E-state index in [4.69, 9.17) is 9.47 Å². The van der Waals surface area contributed by atoms with Crippen molar-refractivity contribution in [3.63, 3.8) is 0 Å². The molecule has 0 bridgehead atoms. The van der Waals surface area contributed by atoms with E-state index in [1.54, 1.807) is 0 Å². The molecule has 5 nitrogen and oxygen atoms in total. The van der Waals surface area contributed by atoms with Crippen LogP contribution >= 0.6 is 0 Å².